The predicted octanol–water partition coefficient (Wildman–Crippen LogP) is 2.65. The molecule has 1 fully saturated rings. The largest absolute Gasteiger partial charge is 0.491 e. The Bertz CT molecular complexity index is 802. The van der Waals surface area contributed by atoms with Crippen LogP contribution in [0.4, 0.5) is 5.82 Å². The Morgan fingerprint density at radius 3 is 2.79 bits per heavy atom. The van der Waals surface area contributed by atoms with Gasteiger partial charge < -0.3 is 26.0 Å². The molecule has 2 rings (SSSR count). The van der Waals surface area contributed by atoms with Gasteiger partial charge in [-0.3, -0.25) is 9.09 Å². The minimum Gasteiger partial charge on any atom is -0.383 e. The number of phosphoric acid groups is 1. The van der Waals surface area contributed by atoms with Gasteiger partial charge in [-0.25, -0.2) is 14.2 Å². The van der Waals surface area contributed by atoms with Crippen LogP contribution in [0.15, 0.2) is 17.1 Å². The second-order valence-electron chi connectivity index (χ2n) is 7.10. The number of aromatic nitrogens is 2. The molecule has 0 radical (unpaired) electrons. The smallest absolute Gasteiger partial charge is 0.383 e. The van der Waals surface area contributed by atoms with E-state index in [1.54, 1.807) is 0 Å². The topological polar surface area (TPSA) is 192 Å². The molecule has 0 amide bonds. The third-order valence-electron chi connectivity index (χ3n) is 4.36. The number of hydroxylamine groups is 2. The number of rotatable bonds is 15. The summed E-state index contributed by atoms with van der Waals surface area (Å²) < 4.78 is 39.9. The minimum atomic E-state index is -4.55. The first kappa shape index (κ1) is 30.0. The Balaban J connectivity index is 0.00000544. The maximum Gasteiger partial charge on any atom is 0.491 e. The fourth-order valence-corrected chi connectivity index (χ4v) is 4.08. The van der Waals surface area contributed by atoms with Crippen molar-refractivity contribution in [2.45, 2.75) is 64.6 Å². The van der Waals surface area contributed by atoms with Crippen LogP contribution >= 0.6 is 16.9 Å². The third kappa shape index (κ3) is 10.4. The number of anilines is 1. The standard InChI is InChI=1S/C17H32N4O9P2.H3N/c1-4-6-9-20(3)29-32(23,24)28-16-13(27-30-31-25-11-7-5-2)12-15(26-16)21-10-8-14(18)19-17(21)22;/h8,10,13,15-16,31H,4-7,9,11-12H2,1-3H3,(H,23,24)(H2,18,19,22);1H3/t13-,15+,16+;/m0./s1. The molecule has 192 valence electrons. The molecule has 16 heteroatoms. The third-order valence-corrected chi connectivity index (χ3v) is 5.81. The molecule has 0 spiro atoms. The molecule has 14 nitrogen and oxygen atoms in total. The van der Waals surface area contributed by atoms with E-state index < -0.39 is 41.2 Å². The van der Waals surface area contributed by atoms with Gasteiger partial charge in [0.1, 0.15) is 18.1 Å². The summed E-state index contributed by atoms with van der Waals surface area (Å²) in [5, 5.41) is 1.22. The fraction of sp³-hybridized carbons (Fsp3) is 0.765. The van der Waals surface area contributed by atoms with Gasteiger partial charge in [-0.15, -0.1) is 0 Å². The molecule has 6 N–H and O–H groups in total. The Hall–Kier alpha value is -1.02. The van der Waals surface area contributed by atoms with Crippen molar-refractivity contribution in [1.29, 1.82) is 0 Å². The zero-order chi connectivity index (χ0) is 23.6. The molecule has 1 aliphatic heterocycles. The van der Waals surface area contributed by atoms with Gasteiger partial charge in [0.15, 0.2) is 9.03 Å². The summed E-state index contributed by atoms with van der Waals surface area (Å²) in [4.78, 5) is 31.3. The van der Waals surface area contributed by atoms with E-state index >= 15 is 0 Å². The number of phosphoric ester groups is 1. The highest BCUT2D eigenvalue weighted by Gasteiger charge is 2.44. The van der Waals surface area contributed by atoms with Crippen molar-refractivity contribution in [3.8, 4) is 0 Å². The fourth-order valence-electron chi connectivity index (χ4n) is 2.72. The quantitative estimate of drug-likeness (QED) is 0.134. The molecule has 0 aliphatic carbocycles. The lowest BCUT2D eigenvalue weighted by Gasteiger charge is -2.23. The first-order chi connectivity index (χ1) is 15.3. The molecule has 1 aliphatic rings. The van der Waals surface area contributed by atoms with Gasteiger partial charge in [0.25, 0.3) is 0 Å². The summed E-state index contributed by atoms with van der Waals surface area (Å²) in [5.74, 6) is 0.0574. The number of unbranched alkanes of at least 4 members (excludes halogenated alkanes) is 2. The van der Waals surface area contributed by atoms with Crippen LogP contribution in [0.3, 0.4) is 0 Å². The van der Waals surface area contributed by atoms with E-state index in [-0.39, 0.29) is 18.4 Å². The molecule has 1 aromatic rings. The lowest BCUT2D eigenvalue weighted by Crippen LogP contribution is -2.28. The van der Waals surface area contributed by atoms with Crippen LogP contribution in [0.25, 0.3) is 0 Å². The molecular weight excluding hydrogens is 480 g/mol. The Morgan fingerprint density at radius 1 is 1.39 bits per heavy atom. The number of hydrogen-bond acceptors (Lipinski definition) is 12. The van der Waals surface area contributed by atoms with Crippen molar-refractivity contribution in [2.75, 3.05) is 25.9 Å². The summed E-state index contributed by atoms with van der Waals surface area (Å²) in [5.41, 5.74) is 4.87. The number of nitrogen functional groups attached to an aromatic ring is 1. The molecule has 1 saturated heterocycles. The first-order valence-electron chi connectivity index (χ1n) is 10.4. The van der Waals surface area contributed by atoms with Gasteiger partial charge in [0, 0.05) is 26.2 Å². The van der Waals surface area contributed by atoms with Gasteiger partial charge in [-0.1, -0.05) is 26.7 Å². The van der Waals surface area contributed by atoms with Crippen molar-refractivity contribution < 1.29 is 37.4 Å². The van der Waals surface area contributed by atoms with Crippen LogP contribution in [0, 0.1) is 0 Å². The Morgan fingerprint density at radius 2 is 2.12 bits per heavy atom. The summed E-state index contributed by atoms with van der Waals surface area (Å²) in [6.07, 6.45) is 1.77. The average molecular weight is 515 g/mol. The minimum absolute atomic E-state index is 0. The summed E-state index contributed by atoms with van der Waals surface area (Å²) >= 11 is 0. The predicted molar refractivity (Wildman–Crippen MR) is 121 cm³/mol. The highest BCUT2D eigenvalue weighted by Crippen LogP contribution is 2.48. The van der Waals surface area contributed by atoms with E-state index in [1.807, 2.05) is 13.8 Å². The second kappa shape index (κ2) is 15.1. The van der Waals surface area contributed by atoms with Crippen LogP contribution in [0.1, 0.15) is 52.2 Å². The van der Waals surface area contributed by atoms with Gasteiger partial charge in [0.05, 0.1) is 6.61 Å². The number of nitrogens with zero attached hydrogens (tertiary/aromatic N) is 3. The summed E-state index contributed by atoms with van der Waals surface area (Å²) in [7, 11) is -3.44. The molecule has 5 atom stereocenters. The first-order valence-corrected chi connectivity index (χ1v) is 12.7. The molecule has 0 saturated carbocycles. The normalized spacial score (nSPS) is 22.6. The molecule has 33 heavy (non-hydrogen) atoms. The maximum absolute atomic E-state index is 12.5. The summed E-state index contributed by atoms with van der Waals surface area (Å²) in [6.45, 7) is 4.96. The molecule has 0 aromatic carbocycles. The van der Waals surface area contributed by atoms with Crippen LogP contribution in [-0.2, 0) is 32.5 Å². The van der Waals surface area contributed by atoms with E-state index in [4.69, 9.17) is 33.7 Å². The lowest BCUT2D eigenvalue weighted by molar-refractivity contribution is -0.276. The zero-order valence-corrected chi connectivity index (χ0v) is 21.0. The van der Waals surface area contributed by atoms with E-state index in [2.05, 4.69) is 4.98 Å². The Labute approximate surface area is 194 Å². The van der Waals surface area contributed by atoms with Crippen molar-refractivity contribution in [3.63, 3.8) is 0 Å². The monoisotopic (exact) mass is 515 g/mol. The average Bonchev–Trinajstić information content (AvgIpc) is 3.10. The summed E-state index contributed by atoms with van der Waals surface area (Å²) in [6, 6.07) is 1.43. The maximum atomic E-state index is 12.5. The van der Waals surface area contributed by atoms with Gasteiger partial charge in [0.2, 0.25) is 6.29 Å². The van der Waals surface area contributed by atoms with Gasteiger partial charge in [-0.2, -0.15) is 19.3 Å². The Kier molecular flexibility index (Phi) is 13.7. The van der Waals surface area contributed by atoms with E-state index in [1.165, 1.54) is 28.9 Å². The van der Waals surface area contributed by atoms with Crippen LogP contribution in [0.5, 0.6) is 0 Å². The van der Waals surface area contributed by atoms with Crippen LogP contribution in [-0.4, -0.2) is 52.1 Å². The second-order valence-corrected chi connectivity index (χ2v) is 9.03. The highest BCUT2D eigenvalue weighted by atomic mass is 31.2. The van der Waals surface area contributed by atoms with Gasteiger partial charge in [-0.05, 0) is 18.9 Å². The molecule has 2 heterocycles. The van der Waals surface area contributed by atoms with Crippen molar-refractivity contribution in [1.82, 2.24) is 20.8 Å². The lowest BCUT2D eigenvalue weighted by atomic mass is 10.2. The van der Waals surface area contributed by atoms with Crippen molar-refractivity contribution >= 4 is 22.7 Å². The van der Waals surface area contributed by atoms with Gasteiger partial charge >= 0.3 is 13.5 Å². The SMILES string of the molecule is CCCCOPOO[C@H]1C[C@H](n2ccc(N)nc2=O)O[C@@H]1OP(=O)(O)ON(C)CCCC.N. The van der Waals surface area contributed by atoms with Crippen molar-refractivity contribution in [3.05, 3.63) is 22.7 Å². The molecular formula is C17H35N5O9P2. The molecule has 2 unspecified atom stereocenters. The number of nitrogens with two attached hydrogens (primary N) is 1. The highest BCUT2D eigenvalue weighted by molar-refractivity contribution is 7.47. The molecule has 0 bridgehead atoms. The number of ether oxygens (including phenoxy) is 1. The molecule has 1 aromatic heterocycles. The number of hydrogen-bond donors (Lipinski definition) is 3. The van der Waals surface area contributed by atoms with E-state index in [0.717, 1.165) is 25.7 Å². The van der Waals surface area contributed by atoms with E-state index in [9.17, 15) is 14.3 Å². The van der Waals surface area contributed by atoms with Crippen LogP contribution < -0.4 is 17.6 Å². The van der Waals surface area contributed by atoms with Crippen LogP contribution in [0.2, 0.25) is 0 Å². The zero-order valence-electron chi connectivity index (χ0n) is 19.1. The van der Waals surface area contributed by atoms with E-state index in [0.29, 0.717) is 13.2 Å². The van der Waals surface area contributed by atoms with Crippen molar-refractivity contribution in [2.24, 2.45) is 0 Å².